The second kappa shape index (κ2) is 9.94. The van der Waals surface area contributed by atoms with Crippen molar-refractivity contribution in [3.63, 3.8) is 0 Å². The molecule has 0 aliphatic carbocycles. The van der Waals surface area contributed by atoms with Crippen molar-refractivity contribution in [2.75, 3.05) is 47.2 Å². The van der Waals surface area contributed by atoms with E-state index in [1.54, 1.807) is 28.5 Å². The van der Waals surface area contributed by atoms with Gasteiger partial charge in [0, 0.05) is 68.6 Å². The molecule has 1 N–H and O–H groups in total. The van der Waals surface area contributed by atoms with Crippen molar-refractivity contribution < 1.29 is 16.1 Å². The van der Waals surface area contributed by atoms with Gasteiger partial charge in [0.2, 0.25) is 5.91 Å². The lowest BCUT2D eigenvalue weighted by Gasteiger charge is -2.38. The molecule has 3 heterocycles. The van der Waals surface area contributed by atoms with Gasteiger partial charge in [-0.2, -0.15) is 0 Å². The zero-order valence-corrected chi connectivity index (χ0v) is 21.7. The molecule has 1 aromatic heterocycles. The average Bonchev–Trinajstić information content (AvgIpc) is 3.48. The first-order chi connectivity index (χ1) is 16.8. The van der Waals surface area contributed by atoms with E-state index in [-0.39, 0.29) is 19.7 Å². The van der Waals surface area contributed by atoms with Gasteiger partial charge < -0.3 is 9.80 Å². The molecule has 2 aliphatic heterocycles. The molecular formula is C23H27Cl2N5O3S2. The van der Waals surface area contributed by atoms with E-state index >= 15 is 0 Å². The summed E-state index contributed by atoms with van der Waals surface area (Å²) in [5.74, 6) is 0.0424. The third-order valence-corrected chi connectivity index (χ3v) is 8.87. The summed E-state index contributed by atoms with van der Waals surface area (Å²) in [6.07, 6.45) is 2.27. The summed E-state index contributed by atoms with van der Waals surface area (Å²) in [6, 6.07) is 11.7. The van der Waals surface area contributed by atoms with Crippen molar-refractivity contribution in [3.8, 4) is 0 Å². The topological polar surface area (TPSA) is 85.9 Å². The number of aromatic nitrogens is 1. The number of benzene rings is 2. The quantitative estimate of drug-likeness (QED) is 0.475. The van der Waals surface area contributed by atoms with Gasteiger partial charge >= 0.3 is 0 Å². The van der Waals surface area contributed by atoms with Gasteiger partial charge in [-0.1, -0.05) is 23.2 Å². The van der Waals surface area contributed by atoms with Crippen molar-refractivity contribution in [2.24, 2.45) is 0 Å². The van der Waals surface area contributed by atoms with Crippen LogP contribution in [0.4, 0.5) is 16.5 Å². The van der Waals surface area contributed by atoms with E-state index in [9.17, 15) is 13.2 Å². The van der Waals surface area contributed by atoms with E-state index in [1.165, 1.54) is 29.7 Å². The summed E-state index contributed by atoms with van der Waals surface area (Å²) in [7, 11) is -3.73. The van der Waals surface area contributed by atoms with Crippen LogP contribution in [0.2, 0.25) is 10.0 Å². The smallest absolute Gasteiger partial charge is 0.263 e. The fraction of sp³-hybridized carbons (Fsp3) is 0.304. The molecule has 0 saturated carbocycles. The Morgan fingerprint density at radius 1 is 0.971 bits per heavy atom. The highest BCUT2D eigenvalue weighted by Crippen LogP contribution is 2.29. The number of carbonyl (C=O) groups is 1. The summed E-state index contributed by atoms with van der Waals surface area (Å²) >= 11 is 13.5. The Morgan fingerprint density at radius 3 is 2.29 bits per heavy atom. The summed E-state index contributed by atoms with van der Waals surface area (Å²) in [5, 5.41) is 3.22. The van der Waals surface area contributed by atoms with Gasteiger partial charge in [0.25, 0.3) is 10.0 Å². The number of halogens is 2. The van der Waals surface area contributed by atoms with Crippen molar-refractivity contribution in [1.82, 2.24) is 9.88 Å². The van der Waals surface area contributed by atoms with Gasteiger partial charge in [-0.25, -0.2) is 13.4 Å². The largest absolute Gasteiger partial charge is 0.369 e. The van der Waals surface area contributed by atoms with E-state index in [0.717, 1.165) is 38.3 Å². The lowest BCUT2D eigenvalue weighted by atomic mass is 10.1. The fourth-order valence-electron chi connectivity index (χ4n) is 4.53. The maximum Gasteiger partial charge on any atom is 0.263 e. The molecule has 1 amide bonds. The van der Waals surface area contributed by atoms with Crippen LogP contribution in [0.3, 0.4) is 0 Å². The third kappa shape index (κ3) is 5.26. The van der Waals surface area contributed by atoms with Gasteiger partial charge in [-0.05, 0) is 48.9 Å². The predicted octanol–water partition coefficient (Wildman–Crippen LogP) is 4.67. The molecule has 2 fully saturated rings. The molecule has 0 bridgehead atoms. The fourth-order valence-corrected chi connectivity index (χ4v) is 6.83. The molecule has 0 radical (unpaired) electrons. The molecule has 35 heavy (non-hydrogen) atoms. The second-order valence-electron chi connectivity index (χ2n) is 8.38. The van der Waals surface area contributed by atoms with Gasteiger partial charge in [0.1, 0.15) is 0 Å². The van der Waals surface area contributed by atoms with Gasteiger partial charge in [-0.3, -0.25) is 14.4 Å². The van der Waals surface area contributed by atoms with Gasteiger partial charge in [0.15, 0.2) is 5.13 Å². The number of amides is 1. The van der Waals surface area contributed by atoms with Crippen LogP contribution in [0, 0.1) is 0 Å². The van der Waals surface area contributed by atoms with Crippen molar-refractivity contribution in [2.45, 2.75) is 17.4 Å². The number of piperazine rings is 1. The Labute approximate surface area is 221 Å². The predicted molar refractivity (Wildman–Crippen MR) is 145 cm³/mol. The van der Waals surface area contributed by atoms with E-state index < -0.39 is 10.0 Å². The molecule has 2 aromatic carbocycles. The van der Waals surface area contributed by atoms with E-state index in [1.807, 2.05) is 12.1 Å². The molecular weight excluding hydrogens is 529 g/mol. The van der Waals surface area contributed by atoms with E-state index in [0.29, 0.717) is 27.4 Å². The van der Waals surface area contributed by atoms with Crippen molar-refractivity contribution in [3.05, 3.63) is 64.1 Å². The minimum Gasteiger partial charge on any atom is -0.369 e. The highest BCUT2D eigenvalue weighted by molar-refractivity contribution is 7.93. The first-order valence-corrected chi connectivity index (χ1v) is 14.2. The molecule has 3 aromatic rings. The van der Waals surface area contributed by atoms with Crippen LogP contribution in [-0.2, 0) is 14.8 Å². The normalized spacial score (nSPS) is 19.4. The zero-order chi connectivity index (χ0) is 24.6. The van der Waals surface area contributed by atoms with E-state index in [4.69, 9.17) is 23.2 Å². The Hall–Kier alpha value is -2.37. The van der Waals surface area contributed by atoms with Crippen molar-refractivity contribution in [1.29, 1.82) is 0 Å². The molecule has 1 atom stereocenters. The van der Waals surface area contributed by atoms with Gasteiger partial charge in [-0.15, -0.1) is 11.3 Å². The van der Waals surface area contributed by atoms with Crippen LogP contribution in [0.5, 0.6) is 0 Å². The number of nitrogens with one attached hydrogen (secondary N) is 1. The SMILES string of the molecule is O=C1C(N2CCN(c3cc(Cl)cc(Cl)c3)CC2)CCN1c1ccc(S(=O)(=O)Nc2nccs2)cc1.[HH].[HH]. The summed E-state index contributed by atoms with van der Waals surface area (Å²) in [5.41, 5.74) is 1.68. The molecule has 2 aliphatic rings. The van der Waals surface area contributed by atoms with Crippen LogP contribution in [0.15, 0.2) is 58.9 Å². The van der Waals surface area contributed by atoms with Crippen molar-refractivity contribution >= 4 is 67.0 Å². The number of anilines is 3. The summed E-state index contributed by atoms with van der Waals surface area (Å²) < 4.78 is 27.6. The standard InChI is InChI=1S/C23H23Cl2N5O3S2.2H2/c24-16-13-17(25)15-19(14-16)28-8-10-29(11-9-28)21-5-7-30(22(21)31)18-1-3-20(4-2-18)35(32,33)27-23-26-6-12-34-23;;/h1-4,6,12-15,21H,5,7-11H2,(H,26,27);2*1H. The molecule has 5 rings (SSSR count). The molecule has 0 spiro atoms. The number of carbonyl (C=O) groups excluding carboxylic acids is 1. The van der Waals surface area contributed by atoms with E-state index in [2.05, 4.69) is 19.5 Å². The Morgan fingerprint density at radius 2 is 1.66 bits per heavy atom. The Kier molecular flexibility index (Phi) is 6.91. The Balaban J connectivity index is 0.00000190. The average molecular weight is 557 g/mol. The molecule has 188 valence electrons. The number of nitrogens with zero attached hydrogens (tertiary/aromatic N) is 4. The first-order valence-electron chi connectivity index (χ1n) is 11.1. The van der Waals surface area contributed by atoms with Crippen LogP contribution in [0.1, 0.15) is 9.27 Å². The number of sulfonamides is 1. The van der Waals surface area contributed by atoms with Crippen LogP contribution < -0.4 is 14.5 Å². The minimum atomic E-state index is -3.73. The summed E-state index contributed by atoms with van der Waals surface area (Å²) in [4.78, 5) is 23.5. The molecule has 1 unspecified atom stereocenters. The molecule has 2 saturated heterocycles. The maximum atomic E-state index is 13.2. The maximum absolute atomic E-state index is 13.2. The summed E-state index contributed by atoms with van der Waals surface area (Å²) in [6.45, 7) is 3.66. The van der Waals surface area contributed by atoms with Gasteiger partial charge in [0.05, 0.1) is 10.9 Å². The van der Waals surface area contributed by atoms with Crippen LogP contribution >= 0.6 is 34.5 Å². The Bertz CT molecular complexity index is 1300. The molecule has 12 heteroatoms. The lowest BCUT2D eigenvalue weighted by Crippen LogP contribution is -2.52. The van der Waals surface area contributed by atoms with Crippen LogP contribution in [0.25, 0.3) is 0 Å². The third-order valence-electron chi connectivity index (χ3n) is 6.26. The minimum absolute atomic E-state index is 0. The van der Waals surface area contributed by atoms with Crippen LogP contribution in [-0.4, -0.2) is 63.0 Å². The number of rotatable bonds is 6. The molecule has 8 nitrogen and oxygen atoms in total. The number of thiazole rings is 1. The monoisotopic (exact) mass is 555 g/mol. The first kappa shape index (κ1) is 24.3. The lowest BCUT2D eigenvalue weighted by molar-refractivity contribution is -0.121. The number of hydrogen-bond donors (Lipinski definition) is 1. The highest BCUT2D eigenvalue weighted by Gasteiger charge is 2.38. The zero-order valence-electron chi connectivity index (χ0n) is 18.6. The highest BCUT2D eigenvalue weighted by atomic mass is 35.5. The second-order valence-corrected chi connectivity index (χ2v) is 11.8. The number of hydrogen-bond acceptors (Lipinski definition) is 7.